The van der Waals surface area contributed by atoms with Crippen LogP contribution in [-0.4, -0.2) is 67.1 Å². The van der Waals surface area contributed by atoms with Crippen LogP contribution in [0.5, 0.6) is 0 Å². The summed E-state index contributed by atoms with van der Waals surface area (Å²) in [6.07, 6.45) is 3.29. The van der Waals surface area contributed by atoms with Gasteiger partial charge in [-0.25, -0.2) is 13.6 Å². The van der Waals surface area contributed by atoms with Crippen LogP contribution in [0, 0.1) is 6.92 Å². The number of nitrogens with one attached hydrogen (secondary N) is 2. The molecule has 0 unspecified atom stereocenters. The predicted octanol–water partition coefficient (Wildman–Crippen LogP) is 3.67. The van der Waals surface area contributed by atoms with Crippen molar-refractivity contribution in [2.75, 3.05) is 44.7 Å². The first-order chi connectivity index (χ1) is 15.7. The smallest absolute Gasteiger partial charge is 0.328 e. The van der Waals surface area contributed by atoms with Gasteiger partial charge in [-0.3, -0.25) is 15.0 Å². The van der Waals surface area contributed by atoms with Gasteiger partial charge in [0.1, 0.15) is 0 Å². The number of halogens is 2. The zero-order chi connectivity index (χ0) is 23.6. The Morgan fingerprint density at radius 1 is 1.12 bits per heavy atom. The predicted molar refractivity (Wildman–Crippen MR) is 125 cm³/mol. The highest BCUT2D eigenvalue weighted by Gasteiger charge is 2.30. The van der Waals surface area contributed by atoms with Gasteiger partial charge < -0.3 is 14.8 Å². The molecule has 3 aliphatic rings. The van der Waals surface area contributed by atoms with Crippen molar-refractivity contribution in [3.05, 3.63) is 30.0 Å². The second kappa shape index (κ2) is 9.77. The number of likely N-dealkylation sites (tertiary alicyclic amines) is 1. The summed E-state index contributed by atoms with van der Waals surface area (Å²) in [5.41, 5.74) is 3.29. The van der Waals surface area contributed by atoms with E-state index in [-0.39, 0.29) is 24.9 Å². The molecule has 0 atom stereocenters. The molecule has 0 aliphatic carbocycles. The molecule has 9 heteroatoms. The van der Waals surface area contributed by atoms with Crippen LogP contribution in [0.2, 0.25) is 0 Å². The normalized spacial score (nSPS) is 22.1. The number of carbonyl (C=O) groups excluding carboxylic acids is 2. The highest BCUT2D eigenvalue weighted by molar-refractivity contribution is 6.09. The molecule has 1 aromatic heterocycles. The zero-order valence-electron chi connectivity index (χ0n) is 19.4. The molecular weight excluding hydrogens is 428 g/mol. The van der Waals surface area contributed by atoms with Crippen LogP contribution >= 0.6 is 0 Å². The second-order valence-electron chi connectivity index (χ2n) is 9.29. The van der Waals surface area contributed by atoms with Crippen molar-refractivity contribution in [1.29, 1.82) is 0 Å². The Morgan fingerprint density at radius 2 is 1.88 bits per heavy atom. The van der Waals surface area contributed by atoms with Crippen LogP contribution in [0.4, 0.5) is 19.3 Å². The van der Waals surface area contributed by atoms with E-state index in [1.807, 2.05) is 12.1 Å². The Morgan fingerprint density at radius 3 is 2.48 bits per heavy atom. The van der Waals surface area contributed by atoms with E-state index in [2.05, 4.69) is 46.2 Å². The molecular formula is C24H33F2N5O2. The number of carbonyl (C=O) groups is 2. The Balaban J connectivity index is 0.000000275. The fourth-order valence-electron chi connectivity index (χ4n) is 4.97. The molecule has 0 bridgehead atoms. The lowest BCUT2D eigenvalue weighted by Crippen LogP contribution is -2.49. The van der Waals surface area contributed by atoms with Gasteiger partial charge in [-0.1, -0.05) is 6.07 Å². The molecule has 0 radical (unpaired) electrons. The minimum Gasteiger partial charge on any atom is -0.342 e. The van der Waals surface area contributed by atoms with Crippen LogP contribution in [0.3, 0.4) is 0 Å². The standard InChI is InChI=1S/C19H24N4O2.C5H9F2N/c1-13-12-15-16(22-11-8-18(24)20-19(22)25)4-3-5-17(15)23(13)14-6-9-21(2)10-7-14;6-5(7)2-1-3-8-4-5/h3-5,12,14H,6-11H2,1-2H3,(H,20,24,25);8H,1-4H2. The highest BCUT2D eigenvalue weighted by atomic mass is 19.3. The van der Waals surface area contributed by atoms with Crippen molar-refractivity contribution in [1.82, 2.24) is 20.1 Å². The third-order valence-electron chi connectivity index (χ3n) is 6.73. The molecule has 3 fully saturated rings. The maximum atomic E-state index is 12.3. The third kappa shape index (κ3) is 5.35. The monoisotopic (exact) mass is 461 g/mol. The van der Waals surface area contributed by atoms with Crippen LogP contribution in [0.15, 0.2) is 24.3 Å². The van der Waals surface area contributed by atoms with E-state index in [0.717, 1.165) is 43.5 Å². The molecule has 1 aromatic carbocycles. The molecule has 3 saturated heterocycles. The number of amides is 3. The fourth-order valence-corrected chi connectivity index (χ4v) is 4.97. The summed E-state index contributed by atoms with van der Waals surface area (Å²) in [5.74, 6) is -2.63. The number of anilines is 1. The van der Waals surface area contributed by atoms with E-state index in [1.165, 1.54) is 11.2 Å². The minimum absolute atomic E-state index is 0.0556. The maximum absolute atomic E-state index is 12.3. The molecule has 0 spiro atoms. The lowest BCUT2D eigenvalue weighted by Gasteiger charge is -2.31. The average molecular weight is 462 g/mol. The van der Waals surface area contributed by atoms with Crippen LogP contribution in [0.25, 0.3) is 10.9 Å². The van der Waals surface area contributed by atoms with Crippen LogP contribution in [0.1, 0.15) is 43.8 Å². The molecule has 33 heavy (non-hydrogen) atoms. The third-order valence-corrected chi connectivity index (χ3v) is 6.73. The molecule has 0 saturated carbocycles. The van der Waals surface area contributed by atoms with Crippen molar-refractivity contribution in [2.45, 2.75) is 51.0 Å². The first-order valence-electron chi connectivity index (χ1n) is 11.7. The number of fused-ring (bicyclic) bond motifs is 1. The molecule has 2 aromatic rings. The van der Waals surface area contributed by atoms with Crippen LogP contribution in [-0.2, 0) is 4.79 Å². The first kappa shape index (κ1) is 23.6. The summed E-state index contributed by atoms with van der Waals surface area (Å²) >= 11 is 0. The van der Waals surface area contributed by atoms with Gasteiger partial charge in [0.2, 0.25) is 5.91 Å². The number of imide groups is 1. The second-order valence-corrected chi connectivity index (χ2v) is 9.29. The molecule has 7 nitrogen and oxygen atoms in total. The summed E-state index contributed by atoms with van der Waals surface area (Å²) in [5, 5.41) is 6.13. The number of aryl methyl sites for hydroxylation is 1. The van der Waals surface area contributed by atoms with Gasteiger partial charge in [0.15, 0.2) is 0 Å². The maximum Gasteiger partial charge on any atom is 0.328 e. The topological polar surface area (TPSA) is 69.6 Å². The number of rotatable bonds is 2. The number of aromatic nitrogens is 1. The summed E-state index contributed by atoms with van der Waals surface area (Å²) in [6, 6.07) is 8.46. The highest BCUT2D eigenvalue weighted by Crippen LogP contribution is 2.35. The molecule has 3 amide bonds. The number of hydrogen-bond donors (Lipinski definition) is 2. The van der Waals surface area contributed by atoms with E-state index in [0.29, 0.717) is 25.4 Å². The van der Waals surface area contributed by atoms with Crippen LogP contribution < -0.4 is 15.5 Å². The summed E-state index contributed by atoms with van der Waals surface area (Å²) < 4.78 is 26.7. The van der Waals surface area contributed by atoms with E-state index in [4.69, 9.17) is 0 Å². The van der Waals surface area contributed by atoms with E-state index in [1.54, 1.807) is 4.90 Å². The molecule has 4 heterocycles. The van der Waals surface area contributed by atoms with E-state index in [9.17, 15) is 18.4 Å². The summed E-state index contributed by atoms with van der Waals surface area (Å²) in [6.45, 7) is 5.41. The van der Waals surface area contributed by atoms with Gasteiger partial charge in [-0.05, 0) is 71.1 Å². The van der Waals surface area contributed by atoms with Gasteiger partial charge in [-0.15, -0.1) is 0 Å². The molecule has 180 valence electrons. The summed E-state index contributed by atoms with van der Waals surface area (Å²) in [7, 11) is 2.17. The average Bonchev–Trinajstić information content (AvgIpc) is 3.11. The SMILES string of the molecule is Cc1cc2c(N3CCC(=O)NC3=O)cccc2n1C1CCN(C)CC1.FC1(F)CCCNC1. The summed E-state index contributed by atoms with van der Waals surface area (Å²) in [4.78, 5) is 27.8. The molecule has 3 aliphatic heterocycles. The zero-order valence-corrected chi connectivity index (χ0v) is 19.4. The number of benzene rings is 1. The van der Waals surface area contributed by atoms with Crippen molar-refractivity contribution < 1.29 is 18.4 Å². The molecule has 2 N–H and O–H groups in total. The number of alkyl halides is 2. The van der Waals surface area contributed by atoms with E-state index >= 15 is 0 Å². The van der Waals surface area contributed by atoms with Gasteiger partial charge in [0.05, 0.1) is 17.7 Å². The van der Waals surface area contributed by atoms with Gasteiger partial charge >= 0.3 is 6.03 Å². The van der Waals surface area contributed by atoms with Gasteiger partial charge in [0.25, 0.3) is 5.92 Å². The Bertz CT molecular complexity index is 1010. The van der Waals surface area contributed by atoms with Crippen molar-refractivity contribution >= 4 is 28.5 Å². The number of hydrogen-bond acceptors (Lipinski definition) is 4. The van der Waals surface area contributed by atoms with Gasteiger partial charge in [0, 0.05) is 36.5 Å². The quantitative estimate of drug-likeness (QED) is 0.716. The van der Waals surface area contributed by atoms with Crippen molar-refractivity contribution in [3.63, 3.8) is 0 Å². The largest absolute Gasteiger partial charge is 0.342 e. The van der Waals surface area contributed by atoms with Crippen molar-refractivity contribution in [3.8, 4) is 0 Å². The fraction of sp³-hybridized carbons (Fsp3) is 0.583. The minimum atomic E-state index is -2.43. The Labute approximate surface area is 193 Å². The van der Waals surface area contributed by atoms with E-state index < -0.39 is 5.92 Å². The molecule has 5 rings (SSSR count). The Hall–Kier alpha value is -2.52. The first-order valence-corrected chi connectivity index (χ1v) is 11.7. The van der Waals surface area contributed by atoms with Crippen molar-refractivity contribution in [2.24, 2.45) is 0 Å². The van der Waals surface area contributed by atoms with Gasteiger partial charge in [-0.2, -0.15) is 0 Å². The number of urea groups is 1. The Kier molecular flexibility index (Phi) is 6.99. The lowest BCUT2D eigenvalue weighted by atomic mass is 10.0. The lowest BCUT2D eigenvalue weighted by molar-refractivity contribution is -0.120. The number of nitrogens with zero attached hydrogens (tertiary/aromatic N) is 3. The number of piperidine rings is 2.